The molecule has 0 aliphatic rings. The topological polar surface area (TPSA) is 12.0 Å². The third-order valence-corrected chi connectivity index (χ3v) is 1.88. The Kier molecular flexibility index (Phi) is 3.23. The van der Waals surface area contributed by atoms with Gasteiger partial charge in [-0.15, -0.1) is 0 Å². The molecule has 1 aromatic carbocycles. The molecule has 0 saturated carbocycles. The molecule has 0 aromatic heterocycles. The maximum absolute atomic E-state index is 12.5. The summed E-state index contributed by atoms with van der Waals surface area (Å²) in [7, 11) is 0. The van der Waals surface area contributed by atoms with Crippen LogP contribution in [-0.2, 0) is 0 Å². The van der Waals surface area contributed by atoms with Crippen molar-refractivity contribution in [2.24, 2.45) is 0 Å². The fourth-order valence-corrected chi connectivity index (χ4v) is 1.18. The van der Waals surface area contributed by atoms with Crippen molar-refractivity contribution >= 4 is 0 Å². The standard InChI is InChI=1S/C10H14FN/c1-3-12-8(2)9-4-6-10(11)7-5-9/h4-8,12H,3H2,1-2H3. The molecular formula is C10H14FN. The lowest BCUT2D eigenvalue weighted by Gasteiger charge is -2.11. The van der Waals surface area contributed by atoms with Gasteiger partial charge in [-0.25, -0.2) is 4.39 Å². The number of halogens is 1. The lowest BCUT2D eigenvalue weighted by molar-refractivity contribution is 0.592. The molecule has 0 aliphatic carbocycles. The average Bonchev–Trinajstić information content (AvgIpc) is 2.06. The summed E-state index contributed by atoms with van der Waals surface area (Å²) in [5.74, 6) is -0.178. The van der Waals surface area contributed by atoms with Gasteiger partial charge in [-0.1, -0.05) is 19.1 Å². The molecule has 0 spiro atoms. The molecule has 66 valence electrons. The number of hydrogen-bond donors (Lipinski definition) is 1. The highest BCUT2D eigenvalue weighted by atomic mass is 19.1. The number of rotatable bonds is 3. The summed E-state index contributed by atoms with van der Waals surface area (Å²) in [6, 6.07) is 6.90. The summed E-state index contributed by atoms with van der Waals surface area (Å²) in [6.45, 7) is 5.05. The average molecular weight is 167 g/mol. The molecule has 1 aromatic rings. The van der Waals surface area contributed by atoms with Crippen molar-refractivity contribution in [2.75, 3.05) is 6.54 Å². The largest absolute Gasteiger partial charge is 0.310 e. The van der Waals surface area contributed by atoms with E-state index >= 15 is 0 Å². The van der Waals surface area contributed by atoms with Crippen LogP contribution in [0.4, 0.5) is 4.39 Å². The highest BCUT2D eigenvalue weighted by Gasteiger charge is 2.01. The van der Waals surface area contributed by atoms with E-state index in [4.69, 9.17) is 0 Å². The fraction of sp³-hybridized carbons (Fsp3) is 0.400. The first kappa shape index (κ1) is 9.20. The van der Waals surface area contributed by atoms with Crippen molar-refractivity contribution in [1.82, 2.24) is 5.32 Å². The van der Waals surface area contributed by atoms with Crippen LogP contribution >= 0.6 is 0 Å². The Morgan fingerprint density at radius 1 is 1.33 bits per heavy atom. The first-order chi connectivity index (χ1) is 5.74. The third-order valence-electron chi connectivity index (χ3n) is 1.88. The Labute approximate surface area is 72.6 Å². The second-order valence-corrected chi connectivity index (χ2v) is 2.83. The van der Waals surface area contributed by atoms with Crippen LogP contribution < -0.4 is 5.32 Å². The first-order valence-electron chi connectivity index (χ1n) is 4.23. The lowest BCUT2D eigenvalue weighted by Crippen LogP contribution is -2.17. The zero-order valence-corrected chi connectivity index (χ0v) is 7.47. The molecular weight excluding hydrogens is 153 g/mol. The molecule has 0 saturated heterocycles. The normalized spacial score (nSPS) is 12.9. The first-order valence-corrected chi connectivity index (χ1v) is 4.23. The smallest absolute Gasteiger partial charge is 0.123 e. The molecule has 1 rings (SSSR count). The summed E-state index contributed by atoms with van der Waals surface area (Å²) in [4.78, 5) is 0. The van der Waals surface area contributed by atoms with E-state index in [0.717, 1.165) is 12.1 Å². The molecule has 0 bridgehead atoms. The van der Waals surface area contributed by atoms with E-state index in [-0.39, 0.29) is 5.82 Å². The van der Waals surface area contributed by atoms with Gasteiger partial charge in [0.05, 0.1) is 0 Å². The minimum absolute atomic E-state index is 0.178. The Balaban J connectivity index is 2.68. The van der Waals surface area contributed by atoms with Crippen LogP contribution in [0.1, 0.15) is 25.5 Å². The lowest BCUT2D eigenvalue weighted by atomic mass is 10.1. The third kappa shape index (κ3) is 2.31. The van der Waals surface area contributed by atoms with Crippen molar-refractivity contribution in [3.8, 4) is 0 Å². The number of nitrogens with one attached hydrogen (secondary N) is 1. The molecule has 1 nitrogen and oxygen atoms in total. The van der Waals surface area contributed by atoms with Crippen LogP contribution in [0.25, 0.3) is 0 Å². The van der Waals surface area contributed by atoms with E-state index in [2.05, 4.69) is 19.2 Å². The van der Waals surface area contributed by atoms with E-state index in [0.29, 0.717) is 6.04 Å². The number of benzene rings is 1. The van der Waals surface area contributed by atoms with Crippen LogP contribution in [0.3, 0.4) is 0 Å². The van der Waals surface area contributed by atoms with Gasteiger partial charge in [-0.05, 0) is 31.2 Å². The second-order valence-electron chi connectivity index (χ2n) is 2.83. The molecule has 2 heteroatoms. The van der Waals surface area contributed by atoms with E-state index in [1.54, 1.807) is 0 Å². The summed E-state index contributed by atoms with van der Waals surface area (Å²) < 4.78 is 12.5. The Hall–Kier alpha value is -0.890. The summed E-state index contributed by atoms with van der Waals surface area (Å²) in [6.07, 6.45) is 0. The molecule has 0 fully saturated rings. The van der Waals surface area contributed by atoms with Crippen LogP contribution in [0, 0.1) is 5.82 Å². The molecule has 0 aliphatic heterocycles. The number of hydrogen-bond acceptors (Lipinski definition) is 1. The van der Waals surface area contributed by atoms with Gasteiger partial charge in [0.2, 0.25) is 0 Å². The molecule has 1 atom stereocenters. The van der Waals surface area contributed by atoms with Crippen LogP contribution in [0.15, 0.2) is 24.3 Å². The van der Waals surface area contributed by atoms with Crippen molar-refractivity contribution in [3.05, 3.63) is 35.6 Å². The highest BCUT2D eigenvalue weighted by molar-refractivity contribution is 5.19. The van der Waals surface area contributed by atoms with Gasteiger partial charge in [-0.3, -0.25) is 0 Å². The Morgan fingerprint density at radius 2 is 1.92 bits per heavy atom. The predicted molar refractivity (Wildman–Crippen MR) is 48.5 cm³/mol. The van der Waals surface area contributed by atoms with E-state index < -0.39 is 0 Å². The van der Waals surface area contributed by atoms with Gasteiger partial charge < -0.3 is 5.32 Å². The van der Waals surface area contributed by atoms with Gasteiger partial charge in [-0.2, -0.15) is 0 Å². The van der Waals surface area contributed by atoms with Gasteiger partial charge in [0.15, 0.2) is 0 Å². The monoisotopic (exact) mass is 167 g/mol. The van der Waals surface area contributed by atoms with Gasteiger partial charge >= 0.3 is 0 Å². The predicted octanol–water partition coefficient (Wildman–Crippen LogP) is 2.50. The van der Waals surface area contributed by atoms with Crippen LogP contribution in [0.5, 0.6) is 0 Å². The van der Waals surface area contributed by atoms with Gasteiger partial charge in [0, 0.05) is 6.04 Å². The summed E-state index contributed by atoms with van der Waals surface area (Å²) >= 11 is 0. The minimum Gasteiger partial charge on any atom is -0.310 e. The summed E-state index contributed by atoms with van der Waals surface area (Å²) in [5.41, 5.74) is 1.12. The Morgan fingerprint density at radius 3 is 2.42 bits per heavy atom. The van der Waals surface area contributed by atoms with Crippen molar-refractivity contribution in [1.29, 1.82) is 0 Å². The second kappa shape index (κ2) is 4.21. The zero-order valence-electron chi connectivity index (χ0n) is 7.47. The van der Waals surface area contributed by atoms with E-state index in [1.165, 1.54) is 12.1 Å². The van der Waals surface area contributed by atoms with Gasteiger partial charge in [0.1, 0.15) is 5.82 Å². The van der Waals surface area contributed by atoms with Crippen molar-refractivity contribution in [2.45, 2.75) is 19.9 Å². The SMILES string of the molecule is CCNC(C)c1ccc(F)cc1. The minimum atomic E-state index is -0.178. The van der Waals surface area contributed by atoms with Crippen molar-refractivity contribution in [3.63, 3.8) is 0 Å². The zero-order chi connectivity index (χ0) is 8.97. The molecule has 0 heterocycles. The molecule has 0 radical (unpaired) electrons. The van der Waals surface area contributed by atoms with E-state index in [1.807, 2.05) is 12.1 Å². The van der Waals surface area contributed by atoms with Gasteiger partial charge in [0.25, 0.3) is 0 Å². The summed E-state index contributed by atoms with van der Waals surface area (Å²) in [5, 5.41) is 3.26. The van der Waals surface area contributed by atoms with E-state index in [9.17, 15) is 4.39 Å². The molecule has 1 N–H and O–H groups in total. The fourth-order valence-electron chi connectivity index (χ4n) is 1.18. The van der Waals surface area contributed by atoms with Crippen molar-refractivity contribution < 1.29 is 4.39 Å². The highest BCUT2D eigenvalue weighted by Crippen LogP contribution is 2.11. The molecule has 0 amide bonds. The quantitative estimate of drug-likeness (QED) is 0.729. The van der Waals surface area contributed by atoms with Crippen LogP contribution in [0.2, 0.25) is 0 Å². The molecule has 1 unspecified atom stereocenters. The maximum atomic E-state index is 12.5. The Bertz CT molecular complexity index is 230. The van der Waals surface area contributed by atoms with Crippen LogP contribution in [-0.4, -0.2) is 6.54 Å². The molecule has 12 heavy (non-hydrogen) atoms. The maximum Gasteiger partial charge on any atom is 0.123 e.